The summed E-state index contributed by atoms with van der Waals surface area (Å²) in [6, 6.07) is 27.8. The third-order valence-corrected chi connectivity index (χ3v) is 4.21. The standard InChI is InChI=1S/C21H19O3P/c22-25(23)24-21-14-8-7-13-19(21)15-16-20(17-9-3-1-4-10-17)18-11-5-2-6-12-18/h1-14,16,22-23H,15H2. The molecule has 0 amide bonds. The van der Waals surface area contributed by atoms with Crippen molar-refractivity contribution in [1.29, 1.82) is 0 Å². The van der Waals surface area contributed by atoms with Gasteiger partial charge in [0.15, 0.2) is 0 Å². The molecule has 0 aliphatic carbocycles. The van der Waals surface area contributed by atoms with E-state index in [4.69, 9.17) is 14.3 Å². The summed E-state index contributed by atoms with van der Waals surface area (Å²) in [6.45, 7) is 0. The molecule has 0 heterocycles. The maximum atomic E-state index is 9.15. The average Bonchev–Trinajstić information content (AvgIpc) is 2.64. The number of para-hydroxylation sites is 1. The first-order chi connectivity index (χ1) is 12.2. The van der Waals surface area contributed by atoms with E-state index in [1.54, 1.807) is 6.07 Å². The van der Waals surface area contributed by atoms with E-state index in [-0.39, 0.29) is 0 Å². The highest BCUT2D eigenvalue weighted by molar-refractivity contribution is 7.39. The van der Waals surface area contributed by atoms with E-state index in [1.165, 1.54) is 0 Å². The van der Waals surface area contributed by atoms with E-state index in [9.17, 15) is 0 Å². The molecule has 3 rings (SSSR count). The molecule has 3 aromatic carbocycles. The van der Waals surface area contributed by atoms with Gasteiger partial charge in [0.1, 0.15) is 5.75 Å². The van der Waals surface area contributed by atoms with Gasteiger partial charge in [-0.2, -0.15) is 0 Å². The van der Waals surface area contributed by atoms with Gasteiger partial charge in [-0.25, -0.2) is 0 Å². The van der Waals surface area contributed by atoms with Gasteiger partial charge in [0.25, 0.3) is 0 Å². The second-order valence-electron chi connectivity index (χ2n) is 5.51. The molecular formula is C21H19O3P. The van der Waals surface area contributed by atoms with Crippen LogP contribution in [0, 0.1) is 0 Å². The lowest BCUT2D eigenvalue weighted by Crippen LogP contribution is -1.93. The van der Waals surface area contributed by atoms with Gasteiger partial charge < -0.3 is 14.3 Å². The van der Waals surface area contributed by atoms with Crippen molar-refractivity contribution in [3.63, 3.8) is 0 Å². The molecule has 0 aliphatic heterocycles. The molecule has 25 heavy (non-hydrogen) atoms. The van der Waals surface area contributed by atoms with Crippen molar-refractivity contribution in [2.45, 2.75) is 6.42 Å². The largest absolute Gasteiger partial charge is 0.427 e. The maximum Gasteiger partial charge on any atom is 0.391 e. The first-order valence-corrected chi connectivity index (χ1v) is 9.15. The lowest BCUT2D eigenvalue weighted by atomic mass is 9.96. The van der Waals surface area contributed by atoms with Crippen molar-refractivity contribution in [2.75, 3.05) is 0 Å². The van der Waals surface area contributed by atoms with E-state index >= 15 is 0 Å². The minimum atomic E-state index is -2.43. The van der Waals surface area contributed by atoms with Gasteiger partial charge in [0, 0.05) is 0 Å². The molecule has 3 nitrogen and oxygen atoms in total. The summed E-state index contributed by atoms with van der Waals surface area (Å²) >= 11 is 0. The van der Waals surface area contributed by atoms with Gasteiger partial charge in [-0.1, -0.05) is 84.9 Å². The van der Waals surface area contributed by atoms with Crippen LogP contribution in [0.1, 0.15) is 16.7 Å². The lowest BCUT2D eigenvalue weighted by molar-refractivity contribution is 0.373. The smallest absolute Gasteiger partial charge is 0.391 e. The lowest BCUT2D eigenvalue weighted by Gasteiger charge is -2.12. The predicted molar refractivity (Wildman–Crippen MR) is 102 cm³/mol. The summed E-state index contributed by atoms with van der Waals surface area (Å²) in [5.74, 6) is 0.496. The summed E-state index contributed by atoms with van der Waals surface area (Å²) in [6.07, 6.45) is 2.77. The number of hydrogen-bond donors (Lipinski definition) is 2. The van der Waals surface area contributed by atoms with Crippen LogP contribution in [0.5, 0.6) is 5.75 Å². The van der Waals surface area contributed by atoms with Crippen LogP contribution < -0.4 is 4.52 Å². The zero-order chi connectivity index (χ0) is 17.5. The Hall–Kier alpha value is -2.45. The second kappa shape index (κ2) is 8.59. The second-order valence-corrected chi connectivity index (χ2v) is 6.19. The fourth-order valence-electron chi connectivity index (χ4n) is 2.70. The maximum absolute atomic E-state index is 9.15. The Kier molecular flexibility index (Phi) is 5.97. The zero-order valence-electron chi connectivity index (χ0n) is 13.6. The van der Waals surface area contributed by atoms with Gasteiger partial charge in [0.2, 0.25) is 0 Å². The molecule has 0 saturated heterocycles. The Morgan fingerprint density at radius 2 is 1.28 bits per heavy atom. The SMILES string of the molecule is OP(O)Oc1ccccc1CC=C(c1ccccc1)c1ccccc1. The number of rotatable bonds is 6. The van der Waals surface area contributed by atoms with Crippen LogP contribution in [0.25, 0.3) is 5.57 Å². The van der Waals surface area contributed by atoms with E-state index in [0.29, 0.717) is 12.2 Å². The summed E-state index contributed by atoms with van der Waals surface area (Å²) in [4.78, 5) is 18.3. The van der Waals surface area contributed by atoms with Crippen molar-refractivity contribution >= 4 is 14.2 Å². The van der Waals surface area contributed by atoms with Crippen LogP contribution in [0.2, 0.25) is 0 Å². The fraction of sp³-hybridized carbons (Fsp3) is 0.0476. The molecule has 2 N–H and O–H groups in total. The number of allylic oxidation sites excluding steroid dienone is 1. The molecule has 0 spiro atoms. The van der Waals surface area contributed by atoms with Gasteiger partial charge in [-0.3, -0.25) is 0 Å². The third kappa shape index (κ3) is 4.77. The molecule has 0 aliphatic rings. The molecule has 0 atom stereocenters. The van der Waals surface area contributed by atoms with Crippen molar-refractivity contribution in [2.24, 2.45) is 0 Å². The van der Waals surface area contributed by atoms with Crippen molar-refractivity contribution in [1.82, 2.24) is 0 Å². The van der Waals surface area contributed by atoms with E-state index in [1.807, 2.05) is 54.6 Å². The third-order valence-electron chi connectivity index (χ3n) is 3.85. The van der Waals surface area contributed by atoms with Crippen molar-refractivity contribution in [3.05, 3.63) is 108 Å². The summed E-state index contributed by atoms with van der Waals surface area (Å²) in [5, 5.41) is 0. The van der Waals surface area contributed by atoms with E-state index in [2.05, 4.69) is 30.3 Å². The van der Waals surface area contributed by atoms with Crippen LogP contribution in [0.3, 0.4) is 0 Å². The summed E-state index contributed by atoms with van der Waals surface area (Å²) in [5.41, 5.74) is 4.31. The fourth-order valence-corrected chi connectivity index (χ4v) is 3.05. The first kappa shape index (κ1) is 17.4. The Balaban J connectivity index is 1.95. The van der Waals surface area contributed by atoms with E-state index in [0.717, 1.165) is 22.3 Å². The van der Waals surface area contributed by atoms with Crippen LogP contribution in [0.15, 0.2) is 91.0 Å². The zero-order valence-corrected chi connectivity index (χ0v) is 14.5. The molecule has 0 radical (unpaired) electrons. The van der Waals surface area contributed by atoms with Crippen LogP contribution >= 0.6 is 8.60 Å². The molecule has 3 aromatic rings. The summed E-state index contributed by atoms with van der Waals surface area (Å²) < 4.78 is 5.14. The molecule has 0 saturated carbocycles. The van der Waals surface area contributed by atoms with Gasteiger partial charge in [-0.05, 0) is 34.8 Å². The van der Waals surface area contributed by atoms with Crippen LogP contribution in [-0.2, 0) is 6.42 Å². The quantitative estimate of drug-likeness (QED) is 0.618. The molecule has 126 valence electrons. The van der Waals surface area contributed by atoms with Crippen molar-refractivity contribution in [3.8, 4) is 5.75 Å². The Bertz CT molecular complexity index is 789. The molecular weight excluding hydrogens is 331 g/mol. The predicted octanol–water partition coefficient (Wildman–Crippen LogP) is 4.95. The normalized spacial score (nSPS) is 10.5. The van der Waals surface area contributed by atoms with Gasteiger partial charge >= 0.3 is 8.60 Å². The van der Waals surface area contributed by atoms with Crippen LogP contribution in [-0.4, -0.2) is 9.79 Å². The summed E-state index contributed by atoms with van der Waals surface area (Å²) in [7, 11) is -2.43. The highest BCUT2D eigenvalue weighted by Crippen LogP contribution is 2.32. The minimum absolute atomic E-state index is 0.496. The monoisotopic (exact) mass is 350 g/mol. The Morgan fingerprint density at radius 1 is 0.760 bits per heavy atom. The van der Waals surface area contributed by atoms with Gasteiger partial charge in [-0.15, -0.1) is 0 Å². The first-order valence-electron chi connectivity index (χ1n) is 7.99. The average molecular weight is 350 g/mol. The number of benzene rings is 3. The van der Waals surface area contributed by atoms with Crippen LogP contribution in [0.4, 0.5) is 0 Å². The molecule has 0 bridgehead atoms. The highest BCUT2D eigenvalue weighted by atomic mass is 31.2. The molecule has 0 fully saturated rings. The minimum Gasteiger partial charge on any atom is -0.427 e. The Labute approximate surface area is 148 Å². The Morgan fingerprint density at radius 3 is 1.84 bits per heavy atom. The molecule has 4 heteroatoms. The van der Waals surface area contributed by atoms with E-state index < -0.39 is 8.60 Å². The molecule has 0 unspecified atom stereocenters. The molecule has 0 aromatic heterocycles. The highest BCUT2D eigenvalue weighted by Gasteiger charge is 2.09. The van der Waals surface area contributed by atoms with Gasteiger partial charge in [0.05, 0.1) is 0 Å². The number of hydrogen-bond acceptors (Lipinski definition) is 3. The topological polar surface area (TPSA) is 49.7 Å². The van der Waals surface area contributed by atoms with Crippen molar-refractivity contribution < 1.29 is 14.3 Å².